The van der Waals surface area contributed by atoms with Crippen molar-refractivity contribution >= 4 is 10.9 Å². The molecule has 14 heavy (non-hydrogen) atoms. The number of nitrogens with two attached hydrogens (primary N) is 1. The van der Waals surface area contributed by atoms with Crippen molar-refractivity contribution in [3.05, 3.63) is 48.7 Å². The molecule has 2 heteroatoms. The van der Waals surface area contributed by atoms with Gasteiger partial charge in [-0.3, -0.25) is 0 Å². The third-order valence-electron chi connectivity index (χ3n) is 2.43. The lowest BCUT2D eigenvalue weighted by molar-refractivity contribution is 0.743. The lowest BCUT2D eigenvalue weighted by Gasteiger charge is -2.08. The number of hydrogen-bond acceptors (Lipinski definition) is 1. The number of hydrogen-bond donors (Lipinski definition) is 2. The molecule has 0 aliphatic rings. The predicted octanol–water partition coefficient (Wildman–Crippen LogP) is 2.74. The SMILES string of the molecule is C=CCC(N)c1ccc2[nH]ccc2c1. The summed E-state index contributed by atoms with van der Waals surface area (Å²) < 4.78 is 0. The maximum Gasteiger partial charge on any atom is 0.0454 e. The standard InChI is InChI=1S/C12H14N2/c1-2-3-11(13)9-4-5-12-10(8-9)6-7-14-12/h2,4-8,11,14H,1,3,13H2. The van der Waals surface area contributed by atoms with E-state index < -0.39 is 0 Å². The summed E-state index contributed by atoms with van der Waals surface area (Å²) in [6.07, 6.45) is 4.61. The fourth-order valence-electron chi connectivity index (χ4n) is 1.62. The van der Waals surface area contributed by atoms with Crippen molar-refractivity contribution in [3.63, 3.8) is 0 Å². The van der Waals surface area contributed by atoms with Crippen molar-refractivity contribution in [2.45, 2.75) is 12.5 Å². The van der Waals surface area contributed by atoms with E-state index in [-0.39, 0.29) is 6.04 Å². The van der Waals surface area contributed by atoms with E-state index in [4.69, 9.17) is 5.73 Å². The first-order valence-electron chi connectivity index (χ1n) is 4.75. The Morgan fingerprint density at radius 1 is 1.43 bits per heavy atom. The van der Waals surface area contributed by atoms with E-state index in [0.717, 1.165) is 17.5 Å². The van der Waals surface area contributed by atoms with Crippen LogP contribution in [-0.2, 0) is 0 Å². The molecule has 2 aromatic rings. The molecule has 0 saturated carbocycles. The van der Waals surface area contributed by atoms with E-state index in [1.54, 1.807) is 0 Å². The van der Waals surface area contributed by atoms with Gasteiger partial charge < -0.3 is 10.7 Å². The lowest BCUT2D eigenvalue weighted by atomic mass is 10.0. The molecule has 3 N–H and O–H groups in total. The van der Waals surface area contributed by atoms with Crippen LogP contribution in [0.2, 0.25) is 0 Å². The lowest BCUT2D eigenvalue weighted by Crippen LogP contribution is -2.08. The fraction of sp³-hybridized carbons (Fsp3) is 0.167. The Balaban J connectivity index is 2.38. The molecule has 1 atom stereocenters. The minimum Gasteiger partial charge on any atom is -0.361 e. The Labute approximate surface area is 83.4 Å². The summed E-state index contributed by atoms with van der Waals surface area (Å²) in [7, 11) is 0. The van der Waals surface area contributed by atoms with Crippen LogP contribution in [0.4, 0.5) is 0 Å². The van der Waals surface area contributed by atoms with Gasteiger partial charge in [0.25, 0.3) is 0 Å². The van der Waals surface area contributed by atoms with Crippen molar-refractivity contribution in [2.24, 2.45) is 5.73 Å². The number of benzene rings is 1. The number of nitrogens with one attached hydrogen (secondary N) is 1. The van der Waals surface area contributed by atoms with Crippen molar-refractivity contribution in [1.82, 2.24) is 4.98 Å². The second-order valence-electron chi connectivity index (χ2n) is 3.46. The molecule has 0 bridgehead atoms. The highest BCUT2D eigenvalue weighted by molar-refractivity contribution is 5.80. The van der Waals surface area contributed by atoms with Crippen LogP contribution in [0.5, 0.6) is 0 Å². The molecule has 0 spiro atoms. The molecule has 1 aromatic heterocycles. The van der Waals surface area contributed by atoms with Gasteiger partial charge in [0.15, 0.2) is 0 Å². The molecule has 1 unspecified atom stereocenters. The normalized spacial score (nSPS) is 12.9. The van der Waals surface area contributed by atoms with Crippen LogP contribution in [0.1, 0.15) is 18.0 Å². The third-order valence-corrected chi connectivity index (χ3v) is 2.43. The zero-order valence-electron chi connectivity index (χ0n) is 8.03. The summed E-state index contributed by atoms with van der Waals surface area (Å²) in [6, 6.07) is 8.37. The van der Waals surface area contributed by atoms with E-state index in [1.807, 2.05) is 12.3 Å². The van der Waals surface area contributed by atoms with Gasteiger partial charge in [-0.05, 0) is 35.6 Å². The number of aromatic amines is 1. The van der Waals surface area contributed by atoms with Crippen LogP contribution in [0.15, 0.2) is 43.1 Å². The number of fused-ring (bicyclic) bond motifs is 1. The molecule has 1 aromatic carbocycles. The van der Waals surface area contributed by atoms with Crippen LogP contribution in [0, 0.1) is 0 Å². The predicted molar refractivity (Wildman–Crippen MR) is 60.0 cm³/mol. The van der Waals surface area contributed by atoms with Crippen LogP contribution in [-0.4, -0.2) is 4.98 Å². The second kappa shape index (κ2) is 3.68. The van der Waals surface area contributed by atoms with Crippen LogP contribution in [0.3, 0.4) is 0 Å². The van der Waals surface area contributed by atoms with Gasteiger partial charge >= 0.3 is 0 Å². The summed E-state index contributed by atoms with van der Waals surface area (Å²) in [5, 5.41) is 1.21. The third kappa shape index (κ3) is 1.56. The molecule has 0 radical (unpaired) electrons. The Morgan fingerprint density at radius 2 is 2.29 bits per heavy atom. The minimum atomic E-state index is 0.0619. The first kappa shape index (κ1) is 9.03. The summed E-state index contributed by atoms with van der Waals surface area (Å²) in [4.78, 5) is 3.16. The second-order valence-corrected chi connectivity index (χ2v) is 3.46. The van der Waals surface area contributed by atoms with Crippen molar-refractivity contribution in [3.8, 4) is 0 Å². The summed E-state index contributed by atoms with van der Waals surface area (Å²) in [6.45, 7) is 3.69. The summed E-state index contributed by atoms with van der Waals surface area (Å²) in [5.74, 6) is 0. The topological polar surface area (TPSA) is 41.8 Å². The highest BCUT2D eigenvalue weighted by atomic mass is 14.7. The van der Waals surface area contributed by atoms with Gasteiger partial charge in [-0.1, -0.05) is 12.1 Å². The Kier molecular flexibility index (Phi) is 2.37. The van der Waals surface area contributed by atoms with Crippen molar-refractivity contribution in [2.75, 3.05) is 0 Å². The van der Waals surface area contributed by atoms with Gasteiger partial charge in [-0.25, -0.2) is 0 Å². The Bertz CT molecular complexity index is 442. The van der Waals surface area contributed by atoms with Gasteiger partial charge in [0.2, 0.25) is 0 Å². The molecule has 72 valence electrons. The summed E-state index contributed by atoms with van der Waals surface area (Å²) in [5.41, 5.74) is 8.30. The average molecular weight is 186 g/mol. The molecule has 2 rings (SSSR count). The number of aromatic nitrogens is 1. The molecule has 0 fully saturated rings. The molecule has 0 saturated heterocycles. The molecule has 1 heterocycles. The van der Waals surface area contributed by atoms with Gasteiger partial charge in [0.05, 0.1) is 0 Å². The molecule has 0 amide bonds. The minimum absolute atomic E-state index is 0.0619. The number of rotatable bonds is 3. The van der Waals surface area contributed by atoms with Crippen LogP contribution in [0.25, 0.3) is 10.9 Å². The van der Waals surface area contributed by atoms with E-state index in [2.05, 4.69) is 35.8 Å². The maximum atomic E-state index is 5.98. The summed E-state index contributed by atoms with van der Waals surface area (Å²) >= 11 is 0. The smallest absolute Gasteiger partial charge is 0.0454 e. The maximum absolute atomic E-state index is 5.98. The van der Waals surface area contributed by atoms with Crippen LogP contribution >= 0.6 is 0 Å². The molecule has 0 aliphatic heterocycles. The van der Waals surface area contributed by atoms with E-state index in [0.29, 0.717) is 0 Å². The molecular formula is C12H14N2. The van der Waals surface area contributed by atoms with E-state index in [1.165, 1.54) is 5.39 Å². The van der Waals surface area contributed by atoms with Gasteiger partial charge in [0, 0.05) is 17.8 Å². The average Bonchev–Trinajstić information content (AvgIpc) is 2.64. The highest BCUT2D eigenvalue weighted by Crippen LogP contribution is 2.20. The van der Waals surface area contributed by atoms with Gasteiger partial charge in [-0.15, -0.1) is 6.58 Å². The molecule has 2 nitrogen and oxygen atoms in total. The first-order valence-corrected chi connectivity index (χ1v) is 4.75. The van der Waals surface area contributed by atoms with Gasteiger partial charge in [0.1, 0.15) is 0 Å². The zero-order valence-corrected chi connectivity index (χ0v) is 8.03. The largest absolute Gasteiger partial charge is 0.361 e. The zero-order chi connectivity index (χ0) is 9.97. The Hall–Kier alpha value is -1.54. The van der Waals surface area contributed by atoms with Crippen molar-refractivity contribution in [1.29, 1.82) is 0 Å². The Morgan fingerprint density at radius 3 is 3.07 bits per heavy atom. The number of H-pyrrole nitrogens is 1. The first-order chi connectivity index (χ1) is 6.81. The quantitative estimate of drug-likeness (QED) is 0.711. The monoisotopic (exact) mass is 186 g/mol. The van der Waals surface area contributed by atoms with Gasteiger partial charge in [-0.2, -0.15) is 0 Å². The highest BCUT2D eigenvalue weighted by Gasteiger charge is 2.04. The van der Waals surface area contributed by atoms with Crippen LogP contribution < -0.4 is 5.73 Å². The fourth-order valence-corrected chi connectivity index (χ4v) is 1.62. The molecule has 0 aliphatic carbocycles. The van der Waals surface area contributed by atoms with E-state index >= 15 is 0 Å². The van der Waals surface area contributed by atoms with E-state index in [9.17, 15) is 0 Å². The molecular weight excluding hydrogens is 172 g/mol. The van der Waals surface area contributed by atoms with Crippen molar-refractivity contribution < 1.29 is 0 Å².